The molecule has 1 aromatic carbocycles. The van der Waals surface area contributed by atoms with E-state index in [1.165, 1.54) is 12.1 Å². The van der Waals surface area contributed by atoms with Crippen molar-refractivity contribution in [1.29, 1.82) is 0 Å². The molecule has 9 heteroatoms. The second-order valence-corrected chi connectivity index (χ2v) is 6.47. The largest absolute Gasteiger partial charge is 0.511 e. The van der Waals surface area contributed by atoms with E-state index in [1.807, 2.05) is 0 Å². The van der Waals surface area contributed by atoms with E-state index < -0.39 is 36.7 Å². The van der Waals surface area contributed by atoms with Crippen LogP contribution in [0.2, 0.25) is 0 Å². The molecule has 128 valence electrons. The second kappa shape index (κ2) is 7.00. The number of benzene rings is 1. The number of rotatable bonds is 5. The molecule has 0 bridgehead atoms. The Labute approximate surface area is 137 Å². The number of aliphatic hydroxyl groups is 2. The van der Waals surface area contributed by atoms with Gasteiger partial charge in [0.05, 0.1) is 5.71 Å². The number of allylic oxidation sites excluding steroid dienone is 3. The number of ketones is 1. The van der Waals surface area contributed by atoms with Crippen LogP contribution in [0, 0.1) is 5.92 Å². The van der Waals surface area contributed by atoms with Crippen LogP contribution in [-0.4, -0.2) is 36.6 Å². The predicted molar refractivity (Wildman–Crippen MR) is 85.8 cm³/mol. The van der Waals surface area contributed by atoms with Crippen molar-refractivity contribution < 1.29 is 34.5 Å². The van der Waals surface area contributed by atoms with E-state index in [0.29, 0.717) is 5.56 Å². The van der Waals surface area contributed by atoms with Crippen molar-refractivity contribution in [1.82, 2.24) is 0 Å². The van der Waals surface area contributed by atoms with Crippen molar-refractivity contribution in [3.63, 3.8) is 0 Å². The van der Waals surface area contributed by atoms with Gasteiger partial charge in [-0.25, -0.2) is 4.57 Å². The second-order valence-electron chi connectivity index (χ2n) is 5.25. The average molecular weight is 353 g/mol. The molecule has 1 atom stereocenters. The number of Topliss-reactive ketones (excluding diaryl/α,β-unsaturated/α-hetero) is 1. The molecular formula is C15H16NO7P. The van der Waals surface area contributed by atoms with Crippen molar-refractivity contribution in [2.45, 2.75) is 12.8 Å². The fraction of sp³-hybridized carbons (Fsp3) is 0.200. The number of aliphatic hydroxyl groups excluding tert-OH is 2. The van der Waals surface area contributed by atoms with Gasteiger partial charge in [-0.3, -0.25) is 4.79 Å². The van der Waals surface area contributed by atoms with Gasteiger partial charge in [0.25, 0.3) is 0 Å². The zero-order valence-corrected chi connectivity index (χ0v) is 13.3. The Morgan fingerprint density at radius 3 is 2.50 bits per heavy atom. The maximum atomic E-state index is 12.4. The molecule has 1 unspecified atom stereocenters. The fourth-order valence-electron chi connectivity index (χ4n) is 2.35. The third-order valence-electron chi connectivity index (χ3n) is 3.32. The Morgan fingerprint density at radius 2 is 1.88 bits per heavy atom. The average Bonchev–Trinajstić information content (AvgIpc) is 2.42. The summed E-state index contributed by atoms with van der Waals surface area (Å²) in [5, 5.41) is 28.7. The summed E-state index contributed by atoms with van der Waals surface area (Å²) in [6, 6.07) is 6.30. The number of hydrogen-bond donors (Lipinski definition) is 5. The van der Waals surface area contributed by atoms with Crippen molar-refractivity contribution >= 4 is 19.2 Å². The molecule has 0 aliphatic heterocycles. The summed E-state index contributed by atoms with van der Waals surface area (Å²) in [6.07, 6.45) is 2.06. The number of aryl methyl sites for hydroxylation is 1. The standard InChI is InChI=1S/C15H16NO7P/c17-10-3-1-2-9(6-10)4-5-13(19)15-12(16-24(21,22)23)7-11(18)8-14(15)20/h1-3,6-8,15,17-18,20H,4-5H2,(H2,21,22,23). The summed E-state index contributed by atoms with van der Waals surface area (Å²) in [7, 11) is -4.84. The lowest BCUT2D eigenvalue weighted by atomic mass is 9.88. The molecule has 1 aliphatic carbocycles. The molecule has 0 fully saturated rings. The van der Waals surface area contributed by atoms with Gasteiger partial charge >= 0.3 is 7.75 Å². The molecule has 0 heterocycles. The predicted octanol–water partition coefficient (Wildman–Crippen LogP) is 1.94. The van der Waals surface area contributed by atoms with Gasteiger partial charge in [0, 0.05) is 18.6 Å². The zero-order chi connectivity index (χ0) is 17.9. The first-order valence-electron chi connectivity index (χ1n) is 6.93. The Kier molecular flexibility index (Phi) is 5.23. The highest BCUT2D eigenvalue weighted by atomic mass is 31.2. The Morgan fingerprint density at radius 1 is 1.17 bits per heavy atom. The lowest BCUT2D eigenvalue weighted by Crippen LogP contribution is -2.28. The van der Waals surface area contributed by atoms with Gasteiger partial charge in [-0.1, -0.05) is 12.1 Å². The van der Waals surface area contributed by atoms with E-state index in [-0.39, 0.29) is 18.6 Å². The van der Waals surface area contributed by atoms with E-state index in [0.717, 1.165) is 12.2 Å². The summed E-state index contributed by atoms with van der Waals surface area (Å²) < 4.78 is 14.2. The van der Waals surface area contributed by atoms with E-state index in [1.54, 1.807) is 12.1 Å². The van der Waals surface area contributed by atoms with Crippen LogP contribution in [0.5, 0.6) is 5.75 Å². The molecule has 0 radical (unpaired) electrons. The highest BCUT2D eigenvalue weighted by molar-refractivity contribution is 7.50. The maximum Gasteiger partial charge on any atom is 0.448 e. The summed E-state index contributed by atoms with van der Waals surface area (Å²) in [5.41, 5.74) is 0.288. The van der Waals surface area contributed by atoms with Crippen LogP contribution < -0.4 is 0 Å². The summed E-state index contributed by atoms with van der Waals surface area (Å²) in [6.45, 7) is 0. The first kappa shape index (κ1) is 17.9. The van der Waals surface area contributed by atoms with E-state index >= 15 is 0 Å². The molecule has 1 aromatic rings. The van der Waals surface area contributed by atoms with Gasteiger partial charge in [-0.2, -0.15) is 4.76 Å². The van der Waals surface area contributed by atoms with Crippen LogP contribution in [0.25, 0.3) is 0 Å². The third-order valence-corrected chi connectivity index (χ3v) is 3.81. The molecule has 0 saturated carbocycles. The lowest BCUT2D eigenvalue weighted by Gasteiger charge is -2.19. The molecule has 2 rings (SSSR count). The van der Waals surface area contributed by atoms with Gasteiger partial charge < -0.3 is 25.1 Å². The Hall–Kier alpha value is -2.41. The number of phenolic OH excluding ortho intramolecular Hbond substituents is 1. The number of hydrogen-bond acceptors (Lipinski definition) is 5. The topological polar surface area (TPSA) is 148 Å². The van der Waals surface area contributed by atoms with Crippen molar-refractivity contribution in [3.8, 4) is 5.75 Å². The van der Waals surface area contributed by atoms with Gasteiger partial charge in [0.1, 0.15) is 29.0 Å². The van der Waals surface area contributed by atoms with Crippen molar-refractivity contribution in [2.75, 3.05) is 0 Å². The first-order valence-corrected chi connectivity index (χ1v) is 8.50. The summed E-state index contributed by atoms with van der Waals surface area (Å²) in [5.74, 6) is -2.83. The van der Waals surface area contributed by atoms with Gasteiger partial charge in [-0.05, 0) is 24.1 Å². The van der Waals surface area contributed by atoms with Crippen LogP contribution in [0.4, 0.5) is 0 Å². The van der Waals surface area contributed by atoms with Crippen LogP contribution in [-0.2, 0) is 15.8 Å². The van der Waals surface area contributed by atoms with Crippen LogP contribution in [0.1, 0.15) is 12.0 Å². The molecule has 0 spiro atoms. The molecular weight excluding hydrogens is 337 g/mol. The molecule has 24 heavy (non-hydrogen) atoms. The van der Waals surface area contributed by atoms with E-state index in [2.05, 4.69) is 4.76 Å². The number of aromatic hydroxyl groups is 1. The highest BCUT2D eigenvalue weighted by Gasteiger charge is 2.32. The minimum atomic E-state index is -4.84. The van der Waals surface area contributed by atoms with E-state index in [9.17, 15) is 24.7 Å². The third kappa shape index (κ3) is 4.79. The van der Waals surface area contributed by atoms with Crippen molar-refractivity contribution in [3.05, 3.63) is 53.5 Å². The highest BCUT2D eigenvalue weighted by Crippen LogP contribution is 2.38. The van der Waals surface area contributed by atoms with Crippen LogP contribution >= 0.6 is 7.75 Å². The summed E-state index contributed by atoms with van der Waals surface area (Å²) >= 11 is 0. The number of carbonyl (C=O) groups is 1. The zero-order valence-electron chi connectivity index (χ0n) is 12.4. The number of nitrogens with zero attached hydrogens (tertiary/aromatic N) is 1. The smallest absolute Gasteiger partial charge is 0.448 e. The monoisotopic (exact) mass is 353 g/mol. The van der Waals surface area contributed by atoms with E-state index in [4.69, 9.17) is 9.79 Å². The molecule has 0 amide bonds. The van der Waals surface area contributed by atoms with Crippen molar-refractivity contribution in [2.24, 2.45) is 10.7 Å². The minimum absolute atomic E-state index is 0.0527. The van der Waals surface area contributed by atoms with Crippen LogP contribution in [0.15, 0.2) is 52.7 Å². The fourth-order valence-corrected chi connectivity index (χ4v) is 2.83. The lowest BCUT2D eigenvalue weighted by molar-refractivity contribution is -0.120. The minimum Gasteiger partial charge on any atom is -0.511 e. The molecule has 8 nitrogen and oxygen atoms in total. The Bertz CT molecular complexity index is 791. The number of carbonyl (C=O) groups excluding carboxylic acids is 1. The maximum absolute atomic E-state index is 12.4. The normalized spacial score (nSPS) is 19.8. The van der Waals surface area contributed by atoms with Crippen LogP contribution in [0.3, 0.4) is 0 Å². The quantitative estimate of drug-likeness (QED) is 0.508. The molecule has 5 N–H and O–H groups in total. The molecule has 0 saturated heterocycles. The van der Waals surface area contributed by atoms with Gasteiger partial charge in [0.2, 0.25) is 0 Å². The summed E-state index contributed by atoms with van der Waals surface area (Å²) in [4.78, 5) is 30.3. The van der Waals surface area contributed by atoms with Gasteiger partial charge in [-0.15, -0.1) is 0 Å². The van der Waals surface area contributed by atoms with Gasteiger partial charge in [0.15, 0.2) is 0 Å². The molecule has 0 aromatic heterocycles. The number of phenols is 1. The molecule has 1 aliphatic rings. The SMILES string of the molecule is O=C(CCc1cccc(O)c1)C1C(O)=CC(O)=CC1=NP(=O)(O)O. The Balaban J connectivity index is 2.20. The first-order chi connectivity index (χ1) is 11.2.